The minimum Gasteiger partial charge on any atom is -0.466 e. The summed E-state index contributed by atoms with van der Waals surface area (Å²) in [7, 11) is 1.41. The highest BCUT2D eigenvalue weighted by Crippen LogP contribution is 2.15. The van der Waals surface area contributed by atoms with E-state index in [1.54, 1.807) is 0 Å². The van der Waals surface area contributed by atoms with Gasteiger partial charge in [-0.15, -0.1) is 0 Å². The van der Waals surface area contributed by atoms with Crippen LogP contribution >= 0.6 is 0 Å². The summed E-state index contributed by atoms with van der Waals surface area (Å²) < 4.78 is 4.69. The van der Waals surface area contributed by atoms with Gasteiger partial charge in [-0.2, -0.15) is 0 Å². The SMILES string of the molecule is CCC(=CCN1CCC(CO)C1)C(=O)OC. The normalized spacial score (nSPS) is 22.4. The molecule has 0 aromatic carbocycles. The zero-order valence-electron chi connectivity index (χ0n) is 10.1. The van der Waals surface area contributed by atoms with E-state index in [4.69, 9.17) is 9.84 Å². The maximum atomic E-state index is 11.3. The van der Waals surface area contributed by atoms with Gasteiger partial charge in [0.1, 0.15) is 0 Å². The molecule has 16 heavy (non-hydrogen) atoms. The second kappa shape index (κ2) is 6.66. The molecule has 0 saturated carbocycles. The number of carbonyl (C=O) groups is 1. The molecule has 0 aromatic rings. The highest BCUT2D eigenvalue weighted by Gasteiger charge is 2.20. The Morgan fingerprint density at radius 2 is 2.38 bits per heavy atom. The predicted molar refractivity (Wildman–Crippen MR) is 62.0 cm³/mol. The number of carbonyl (C=O) groups excluding carboxylic acids is 1. The van der Waals surface area contributed by atoms with Crippen LogP contribution in [-0.2, 0) is 9.53 Å². The molecule has 1 fully saturated rings. The van der Waals surface area contributed by atoms with Gasteiger partial charge in [0, 0.05) is 25.3 Å². The molecule has 0 radical (unpaired) electrons. The first-order valence-electron chi connectivity index (χ1n) is 5.81. The van der Waals surface area contributed by atoms with Gasteiger partial charge in [0.05, 0.1) is 7.11 Å². The van der Waals surface area contributed by atoms with Crippen molar-refractivity contribution in [2.75, 3.05) is 33.4 Å². The van der Waals surface area contributed by atoms with Gasteiger partial charge in [0.15, 0.2) is 0 Å². The smallest absolute Gasteiger partial charge is 0.333 e. The van der Waals surface area contributed by atoms with Gasteiger partial charge in [-0.1, -0.05) is 13.0 Å². The zero-order valence-corrected chi connectivity index (χ0v) is 10.1. The summed E-state index contributed by atoms with van der Waals surface area (Å²) in [5, 5.41) is 9.02. The highest BCUT2D eigenvalue weighted by molar-refractivity contribution is 5.88. The lowest BCUT2D eigenvalue weighted by Gasteiger charge is -2.13. The van der Waals surface area contributed by atoms with Crippen molar-refractivity contribution in [3.05, 3.63) is 11.6 Å². The Morgan fingerprint density at radius 1 is 1.62 bits per heavy atom. The largest absolute Gasteiger partial charge is 0.466 e. The van der Waals surface area contributed by atoms with Crippen LogP contribution in [0.3, 0.4) is 0 Å². The quantitative estimate of drug-likeness (QED) is 0.558. The molecule has 4 heteroatoms. The fourth-order valence-corrected chi connectivity index (χ4v) is 1.97. The molecule has 1 rings (SSSR count). The van der Waals surface area contributed by atoms with Gasteiger partial charge < -0.3 is 9.84 Å². The van der Waals surface area contributed by atoms with Crippen molar-refractivity contribution in [1.82, 2.24) is 4.90 Å². The molecule has 1 atom stereocenters. The lowest BCUT2D eigenvalue weighted by molar-refractivity contribution is -0.136. The molecule has 0 aliphatic carbocycles. The molecule has 0 bridgehead atoms. The van der Waals surface area contributed by atoms with Gasteiger partial charge in [0.25, 0.3) is 0 Å². The van der Waals surface area contributed by atoms with Crippen LogP contribution in [0.25, 0.3) is 0 Å². The van der Waals surface area contributed by atoms with Crippen molar-refractivity contribution in [2.24, 2.45) is 5.92 Å². The molecular weight excluding hydrogens is 206 g/mol. The first-order chi connectivity index (χ1) is 7.71. The summed E-state index contributed by atoms with van der Waals surface area (Å²) in [5.41, 5.74) is 0.731. The third kappa shape index (κ3) is 3.61. The summed E-state index contributed by atoms with van der Waals surface area (Å²) in [6, 6.07) is 0. The maximum Gasteiger partial charge on any atom is 0.333 e. The molecule has 1 unspecified atom stereocenters. The van der Waals surface area contributed by atoms with Crippen LogP contribution in [0, 0.1) is 5.92 Å². The van der Waals surface area contributed by atoms with Gasteiger partial charge in [0.2, 0.25) is 0 Å². The monoisotopic (exact) mass is 227 g/mol. The fraction of sp³-hybridized carbons (Fsp3) is 0.750. The summed E-state index contributed by atoms with van der Waals surface area (Å²) in [4.78, 5) is 13.6. The van der Waals surface area contributed by atoms with Crippen molar-refractivity contribution in [1.29, 1.82) is 0 Å². The molecule has 92 valence electrons. The molecule has 1 aliphatic heterocycles. The zero-order chi connectivity index (χ0) is 12.0. The third-order valence-corrected chi connectivity index (χ3v) is 3.05. The number of hydrogen-bond acceptors (Lipinski definition) is 4. The third-order valence-electron chi connectivity index (χ3n) is 3.05. The van der Waals surface area contributed by atoms with E-state index < -0.39 is 0 Å². The minimum absolute atomic E-state index is 0.236. The second-order valence-corrected chi connectivity index (χ2v) is 4.17. The molecule has 1 N–H and O–H groups in total. The van der Waals surface area contributed by atoms with Crippen LogP contribution in [-0.4, -0.2) is 49.3 Å². The predicted octanol–water partition coefficient (Wildman–Crippen LogP) is 0.810. The Bertz CT molecular complexity index is 263. The van der Waals surface area contributed by atoms with E-state index in [1.165, 1.54) is 7.11 Å². The molecular formula is C12H21NO3. The Balaban J connectivity index is 2.42. The van der Waals surface area contributed by atoms with Crippen LogP contribution in [0.1, 0.15) is 19.8 Å². The van der Waals surface area contributed by atoms with Crippen molar-refractivity contribution in [3.8, 4) is 0 Å². The van der Waals surface area contributed by atoms with Crippen molar-refractivity contribution in [2.45, 2.75) is 19.8 Å². The number of ether oxygens (including phenoxy) is 1. The van der Waals surface area contributed by atoms with Gasteiger partial charge >= 0.3 is 5.97 Å². The standard InChI is InChI=1S/C12H21NO3/c1-3-11(12(15)16-2)5-7-13-6-4-10(8-13)9-14/h5,10,14H,3-4,6-9H2,1-2H3. The Hall–Kier alpha value is -0.870. The van der Waals surface area contributed by atoms with Crippen molar-refractivity contribution >= 4 is 5.97 Å². The number of rotatable bonds is 5. The molecule has 1 saturated heterocycles. The number of esters is 1. The number of methoxy groups -OCH3 is 1. The van der Waals surface area contributed by atoms with E-state index in [2.05, 4.69) is 4.90 Å². The second-order valence-electron chi connectivity index (χ2n) is 4.17. The molecule has 1 heterocycles. The number of aliphatic hydroxyl groups is 1. The average molecular weight is 227 g/mol. The number of aliphatic hydroxyl groups excluding tert-OH is 1. The lowest BCUT2D eigenvalue weighted by Crippen LogP contribution is -2.22. The Morgan fingerprint density at radius 3 is 2.88 bits per heavy atom. The van der Waals surface area contributed by atoms with Crippen LogP contribution < -0.4 is 0 Å². The van der Waals surface area contributed by atoms with E-state index in [1.807, 2.05) is 13.0 Å². The minimum atomic E-state index is -0.236. The van der Waals surface area contributed by atoms with Crippen LogP contribution in [0.4, 0.5) is 0 Å². The van der Waals surface area contributed by atoms with Gasteiger partial charge in [-0.25, -0.2) is 4.79 Å². The summed E-state index contributed by atoms with van der Waals surface area (Å²) in [6.07, 6.45) is 3.68. The van der Waals surface area contributed by atoms with Crippen LogP contribution in [0.2, 0.25) is 0 Å². The van der Waals surface area contributed by atoms with E-state index in [0.29, 0.717) is 12.3 Å². The molecule has 1 aliphatic rings. The maximum absolute atomic E-state index is 11.3. The van der Waals surface area contributed by atoms with E-state index >= 15 is 0 Å². The molecule has 0 spiro atoms. The number of likely N-dealkylation sites (tertiary alicyclic amines) is 1. The Kier molecular flexibility index (Phi) is 5.49. The van der Waals surface area contributed by atoms with Crippen LogP contribution in [0.15, 0.2) is 11.6 Å². The number of hydrogen-bond donors (Lipinski definition) is 1. The molecule has 0 aromatic heterocycles. The summed E-state index contributed by atoms with van der Waals surface area (Å²) >= 11 is 0. The van der Waals surface area contributed by atoms with Gasteiger partial charge in [-0.3, -0.25) is 4.90 Å². The van der Waals surface area contributed by atoms with E-state index in [0.717, 1.165) is 31.6 Å². The topological polar surface area (TPSA) is 49.8 Å². The van der Waals surface area contributed by atoms with Crippen LogP contribution in [0.5, 0.6) is 0 Å². The summed E-state index contributed by atoms with van der Waals surface area (Å²) in [6.45, 7) is 4.90. The van der Waals surface area contributed by atoms with E-state index in [9.17, 15) is 4.79 Å². The highest BCUT2D eigenvalue weighted by atomic mass is 16.5. The first-order valence-corrected chi connectivity index (χ1v) is 5.81. The first kappa shape index (κ1) is 13.2. The summed E-state index contributed by atoms with van der Waals surface area (Å²) in [5.74, 6) is 0.164. The lowest BCUT2D eigenvalue weighted by atomic mass is 10.1. The molecule has 4 nitrogen and oxygen atoms in total. The van der Waals surface area contributed by atoms with Crippen molar-refractivity contribution < 1.29 is 14.6 Å². The van der Waals surface area contributed by atoms with Gasteiger partial charge in [-0.05, 0) is 25.3 Å². The Labute approximate surface area is 96.9 Å². The molecule has 0 amide bonds. The average Bonchev–Trinajstić information content (AvgIpc) is 2.77. The van der Waals surface area contributed by atoms with Crippen molar-refractivity contribution in [3.63, 3.8) is 0 Å². The fourth-order valence-electron chi connectivity index (χ4n) is 1.97. The number of nitrogens with zero attached hydrogens (tertiary/aromatic N) is 1. The van der Waals surface area contributed by atoms with E-state index in [-0.39, 0.29) is 12.6 Å².